The molecule has 6 aliphatic rings. The number of halogens is 1. The summed E-state index contributed by atoms with van der Waals surface area (Å²) in [6.07, 6.45) is 13.4. The van der Waals surface area contributed by atoms with E-state index >= 15 is 4.79 Å². The van der Waals surface area contributed by atoms with Crippen LogP contribution in [0.1, 0.15) is 157 Å². The predicted octanol–water partition coefficient (Wildman–Crippen LogP) is 7.47. The van der Waals surface area contributed by atoms with E-state index < -0.39 is 41.8 Å². The highest BCUT2D eigenvalue weighted by molar-refractivity contribution is 6.38. The largest absolute Gasteiger partial charge is 0.346 e. The molecule has 1 N–H and O–H groups in total. The maximum Gasteiger partial charge on any atom is 0.227 e. The van der Waals surface area contributed by atoms with Crippen LogP contribution in [-0.2, 0) is 28.8 Å². The number of likely N-dealkylation sites (tertiary alicyclic amines) is 2. The van der Waals surface area contributed by atoms with E-state index in [1.165, 1.54) is 0 Å². The molecule has 0 radical (unpaired) electrons. The predicted molar refractivity (Wildman–Crippen MR) is 214 cm³/mol. The van der Waals surface area contributed by atoms with Crippen LogP contribution in [0.5, 0.6) is 0 Å². The molecule has 6 atom stereocenters. The number of ketones is 4. The van der Waals surface area contributed by atoms with Crippen LogP contribution in [0.25, 0.3) is 0 Å². The Morgan fingerprint density at radius 2 is 1.57 bits per heavy atom. The first-order valence-electron chi connectivity index (χ1n) is 22.5. The fraction of sp³-hybridized carbons (Fsp3) is 0.870. The van der Waals surface area contributed by atoms with Crippen molar-refractivity contribution in [1.29, 1.82) is 0 Å². The monoisotopic (exact) mass is 782 g/mol. The van der Waals surface area contributed by atoms with Crippen LogP contribution in [-0.4, -0.2) is 89.7 Å². The van der Waals surface area contributed by atoms with E-state index in [1.54, 1.807) is 4.90 Å². The van der Waals surface area contributed by atoms with Crippen molar-refractivity contribution in [3.05, 3.63) is 0 Å². The minimum atomic E-state index is -0.717. The average Bonchev–Trinajstić information content (AvgIpc) is 3.97. The topological polar surface area (TPSA) is 121 Å². The van der Waals surface area contributed by atoms with Crippen molar-refractivity contribution < 1.29 is 33.2 Å². The minimum absolute atomic E-state index is 0.00719. The van der Waals surface area contributed by atoms with Crippen LogP contribution in [0, 0.1) is 51.2 Å². The number of alkyl halides is 1. The van der Waals surface area contributed by atoms with Gasteiger partial charge in [0.1, 0.15) is 6.67 Å². The molecule has 6 fully saturated rings. The minimum Gasteiger partial charge on any atom is -0.346 e. The zero-order chi connectivity index (χ0) is 40.6. The van der Waals surface area contributed by atoms with Crippen molar-refractivity contribution in [2.24, 2.45) is 51.2 Å². The van der Waals surface area contributed by atoms with Crippen molar-refractivity contribution in [3.63, 3.8) is 0 Å². The zero-order valence-corrected chi connectivity index (χ0v) is 35.5. The van der Waals surface area contributed by atoms with Crippen molar-refractivity contribution >= 4 is 34.9 Å². The fourth-order valence-electron chi connectivity index (χ4n) is 12.2. The van der Waals surface area contributed by atoms with Gasteiger partial charge in [0.05, 0.1) is 18.0 Å². The van der Waals surface area contributed by atoms with Gasteiger partial charge in [0.2, 0.25) is 17.6 Å². The summed E-state index contributed by atoms with van der Waals surface area (Å²) in [5.74, 6) is -2.83. The van der Waals surface area contributed by atoms with Gasteiger partial charge in [0.25, 0.3) is 0 Å². The Bertz CT molecular complexity index is 1500. The van der Waals surface area contributed by atoms with Crippen molar-refractivity contribution in [3.8, 4) is 0 Å². The molecule has 2 spiro atoms. The summed E-state index contributed by atoms with van der Waals surface area (Å²) in [6, 6.07) is -1.41. The summed E-state index contributed by atoms with van der Waals surface area (Å²) in [4.78, 5) is 88.6. The Hall–Kier alpha value is -2.49. The van der Waals surface area contributed by atoms with Gasteiger partial charge in [-0.05, 0) is 98.8 Å². The summed E-state index contributed by atoms with van der Waals surface area (Å²) < 4.78 is 13.2. The Morgan fingerprint density at radius 1 is 0.875 bits per heavy atom. The number of rotatable bonds is 18. The summed E-state index contributed by atoms with van der Waals surface area (Å²) in [5.41, 5.74) is -0.792. The molecule has 4 aliphatic carbocycles. The van der Waals surface area contributed by atoms with Crippen LogP contribution < -0.4 is 5.32 Å². The van der Waals surface area contributed by atoms with E-state index in [9.17, 15) is 28.4 Å². The molecule has 0 bridgehead atoms. The molecule has 9 nitrogen and oxygen atoms in total. The van der Waals surface area contributed by atoms with E-state index in [1.807, 2.05) is 32.6 Å². The molecule has 10 heteroatoms. The smallest absolute Gasteiger partial charge is 0.227 e. The van der Waals surface area contributed by atoms with Gasteiger partial charge in [-0.2, -0.15) is 0 Å². The van der Waals surface area contributed by atoms with Crippen LogP contribution >= 0.6 is 0 Å². The number of nitrogens with one attached hydrogen (secondary N) is 1. The maximum atomic E-state index is 15.2. The molecule has 2 aliphatic heterocycles. The van der Waals surface area contributed by atoms with Gasteiger partial charge >= 0.3 is 0 Å². The van der Waals surface area contributed by atoms with Gasteiger partial charge in [-0.3, -0.25) is 33.7 Å². The molecule has 56 heavy (non-hydrogen) atoms. The number of fused-ring (bicyclic) bond motifs is 1. The quantitative estimate of drug-likeness (QED) is 0.143. The second-order valence-electron chi connectivity index (χ2n) is 20.7. The lowest BCUT2D eigenvalue weighted by Crippen LogP contribution is -2.53. The molecule has 0 aromatic rings. The Morgan fingerprint density at radius 3 is 2.14 bits per heavy atom. The molecule has 314 valence electrons. The molecule has 0 aromatic carbocycles. The lowest BCUT2D eigenvalue weighted by atomic mass is 9.73. The van der Waals surface area contributed by atoms with Gasteiger partial charge in [-0.15, -0.1) is 0 Å². The van der Waals surface area contributed by atoms with E-state index in [0.717, 1.165) is 77.2 Å². The highest BCUT2D eigenvalue weighted by Crippen LogP contribution is 2.88. The Labute approximate surface area is 335 Å². The van der Waals surface area contributed by atoms with Gasteiger partial charge < -0.3 is 10.2 Å². The SMILES string of the molecule is CCC[C@H](CC(=O)[C@@H]1C[C@@]2(CN1C(=O)[C@@H](CC(=O)[C@@H](NC(=O)[C@@H]1CCCN(CCF)C1)C1CCCCC1)C(C)(C)C)C(C)(C)C21CCC1)C(=O)C(=O)CC1CC1. The standard InChI is InChI=1S/C46H72FN3O6/c1-7-13-32(40(54)38(53)24-30-17-18-30)25-36(51)35-27-46(44(5,6)45(46)19-12-20-45)29-50(35)42(56)34(43(2,3)4)26-37(52)39(31-14-9-8-10-15-31)48-41(55)33-16-11-22-49(28-33)23-21-47/h30-35,39H,7-29H2,1-6H3,(H,48,55)/t32-,33-,34-,35+,39+,46-/m1/s1. The molecule has 0 aromatic heterocycles. The van der Waals surface area contributed by atoms with E-state index in [0.29, 0.717) is 45.3 Å². The molecular weight excluding hydrogens is 710 g/mol. The number of hydrogen-bond acceptors (Lipinski definition) is 7. The van der Waals surface area contributed by atoms with Crippen LogP contribution in [0.2, 0.25) is 0 Å². The highest BCUT2D eigenvalue weighted by atomic mass is 19.1. The lowest BCUT2D eigenvalue weighted by Gasteiger charge is -2.38. The molecule has 0 unspecified atom stereocenters. The molecule has 6 rings (SSSR count). The number of piperidine rings is 1. The normalized spacial score (nSPS) is 29.0. The molecular formula is C46H72FN3O6. The summed E-state index contributed by atoms with van der Waals surface area (Å²) in [7, 11) is 0. The van der Waals surface area contributed by atoms with Crippen molar-refractivity contribution in [1.82, 2.24) is 15.1 Å². The molecule has 2 amide bonds. The highest BCUT2D eigenvalue weighted by Gasteiger charge is 2.85. The summed E-state index contributed by atoms with van der Waals surface area (Å²) in [6.45, 7) is 14.0. The zero-order valence-electron chi connectivity index (χ0n) is 35.5. The molecule has 2 saturated heterocycles. The lowest BCUT2D eigenvalue weighted by molar-refractivity contribution is -0.147. The number of Topliss-reactive ketones (excluding diaryl/α,β-unsaturated/α-hetero) is 4. The second-order valence-corrected chi connectivity index (χ2v) is 20.7. The van der Waals surface area contributed by atoms with Crippen LogP contribution in [0.3, 0.4) is 0 Å². The number of nitrogens with zero attached hydrogens (tertiary/aromatic N) is 2. The summed E-state index contributed by atoms with van der Waals surface area (Å²) in [5, 5.41) is 3.19. The van der Waals surface area contributed by atoms with Gasteiger partial charge in [-0.25, -0.2) is 4.39 Å². The first kappa shape index (κ1) is 43.1. The third kappa shape index (κ3) is 8.34. The maximum absolute atomic E-state index is 15.2. The third-order valence-corrected chi connectivity index (χ3v) is 16.2. The Balaban J connectivity index is 1.24. The first-order chi connectivity index (χ1) is 26.5. The van der Waals surface area contributed by atoms with Crippen molar-refractivity contribution in [2.45, 2.75) is 169 Å². The number of hydrogen-bond donors (Lipinski definition) is 1. The summed E-state index contributed by atoms with van der Waals surface area (Å²) >= 11 is 0. The van der Waals surface area contributed by atoms with Crippen LogP contribution in [0.15, 0.2) is 0 Å². The molecule has 4 saturated carbocycles. The van der Waals surface area contributed by atoms with Crippen LogP contribution in [0.4, 0.5) is 4.39 Å². The number of carbonyl (C=O) groups is 6. The van der Waals surface area contributed by atoms with E-state index in [4.69, 9.17) is 0 Å². The van der Waals surface area contributed by atoms with E-state index in [-0.39, 0.29) is 82.4 Å². The number of carbonyl (C=O) groups excluding carboxylic acids is 6. The second kappa shape index (κ2) is 17.0. The first-order valence-corrected chi connectivity index (χ1v) is 22.5. The van der Waals surface area contributed by atoms with Gasteiger partial charge in [0.15, 0.2) is 17.3 Å². The third-order valence-electron chi connectivity index (χ3n) is 16.2. The van der Waals surface area contributed by atoms with Gasteiger partial charge in [-0.1, -0.05) is 73.6 Å². The van der Waals surface area contributed by atoms with Crippen molar-refractivity contribution in [2.75, 3.05) is 32.9 Å². The average molecular weight is 782 g/mol. The number of amides is 2. The van der Waals surface area contributed by atoms with E-state index in [2.05, 4.69) is 19.2 Å². The molecule has 2 heterocycles. The Kier molecular flexibility index (Phi) is 13.1. The van der Waals surface area contributed by atoms with Gasteiger partial charge in [0, 0.05) is 56.1 Å². The fourth-order valence-corrected chi connectivity index (χ4v) is 12.2.